The van der Waals surface area contributed by atoms with Crippen LogP contribution >= 0.6 is 11.6 Å². The van der Waals surface area contributed by atoms with E-state index < -0.39 is 23.4 Å². The predicted molar refractivity (Wildman–Crippen MR) is 126 cm³/mol. The number of anilines is 1. The topological polar surface area (TPSA) is 104 Å². The number of rotatable bonds is 5. The normalized spacial score (nSPS) is 27.6. The summed E-state index contributed by atoms with van der Waals surface area (Å²) in [7, 11) is 1.53. The molecule has 4 atom stereocenters. The quantitative estimate of drug-likeness (QED) is 0.489. The van der Waals surface area contributed by atoms with Gasteiger partial charge in [0.25, 0.3) is 0 Å². The molecule has 0 aliphatic carbocycles. The molecular formula is C25H23ClN4O4. The van der Waals surface area contributed by atoms with Crippen LogP contribution in [0.25, 0.3) is 10.9 Å². The minimum absolute atomic E-state index is 0.154. The zero-order valence-electron chi connectivity index (χ0n) is 18.4. The highest BCUT2D eigenvalue weighted by atomic mass is 35.5. The molecule has 0 saturated carbocycles. The lowest BCUT2D eigenvalue weighted by Crippen LogP contribution is -2.53. The van der Waals surface area contributed by atoms with Crippen molar-refractivity contribution >= 4 is 45.9 Å². The molecule has 9 heteroatoms. The van der Waals surface area contributed by atoms with Crippen LogP contribution < -0.4 is 10.6 Å². The monoisotopic (exact) mass is 478 g/mol. The molecule has 0 bridgehead atoms. The Bertz CT molecular complexity index is 1350. The van der Waals surface area contributed by atoms with Gasteiger partial charge in [0.05, 0.1) is 35.7 Å². The largest absolute Gasteiger partial charge is 0.383 e. The van der Waals surface area contributed by atoms with E-state index in [1.54, 1.807) is 18.2 Å². The van der Waals surface area contributed by atoms with E-state index in [0.717, 1.165) is 16.5 Å². The summed E-state index contributed by atoms with van der Waals surface area (Å²) in [6, 6.07) is 12.8. The van der Waals surface area contributed by atoms with Gasteiger partial charge in [-0.1, -0.05) is 41.9 Å². The van der Waals surface area contributed by atoms with Crippen LogP contribution in [0.15, 0.2) is 48.7 Å². The molecule has 6 rings (SSSR count). The van der Waals surface area contributed by atoms with Gasteiger partial charge < -0.3 is 15.0 Å². The number of imide groups is 1. The van der Waals surface area contributed by atoms with E-state index in [1.165, 1.54) is 12.0 Å². The number of fused-ring (bicyclic) bond motifs is 5. The standard InChI is InChI=1S/C25H23ClN4O4/c1-34-10-9-30-22(31)19-18(11-13-12-27-17-8-3-2-5-14(13)17)29-25(20(19)23(30)32)15-6-4-7-16(26)21(15)28-24(25)33/h2-8,12,18-20,27,29H,9-11H2,1H3,(H,28,33)/t18-,19+,20+,25+/m0/s1. The van der Waals surface area contributed by atoms with Gasteiger partial charge in [-0.2, -0.15) is 0 Å². The van der Waals surface area contributed by atoms with E-state index in [-0.39, 0.29) is 30.9 Å². The van der Waals surface area contributed by atoms with E-state index >= 15 is 0 Å². The Morgan fingerprint density at radius 2 is 1.91 bits per heavy atom. The lowest BCUT2D eigenvalue weighted by atomic mass is 9.76. The Morgan fingerprint density at radius 3 is 2.74 bits per heavy atom. The second kappa shape index (κ2) is 7.66. The molecule has 3 N–H and O–H groups in total. The Morgan fingerprint density at radius 1 is 1.09 bits per heavy atom. The van der Waals surface area contributed by atoms with E-state index in [0.29, 0.717) is 22.7 Å². The number of para-hydroxylation sites is 2. The van der Waals surface area contributed by atoms with Crippen molar-refractivity contribution in [2.45, 2.75) is 18.0 Å². The Labute approximate surface area is 200 Å². The fourth-order valence-electron chi connectivity index (χ4n) is 5.97. The number of amides is 3. The molecule has 3 aliphatic rings. The highest BCUT2D eigenvalue weighted by molar-refractivity contribution is 6.35. The Hall–Kier alpha value is -3.20. The van der Waals surface area contributed by atoms with Gasteiger partial charge in [-0.3, -0.25) is 24.6 Å². The summed E-state index contributed by atoms with van der Waals surface area (Å²) >= 11 is 6.39. The zero-order valence-corrected chi connectivity index (χ0v) is 19.2. The minimum Gasteiger partial charge on any atom is -0.383 e. The smallest absolute Gasteiger partial charge is 0.250 e. The molecule has 2 aromatic carbocycles. The van der Waals surface area contributed by atoms with Crippen molar-refractivity contribution in [2.24, 2.45) is 11.8 Å². The Kier molecular flexibility index (Phi) is 4.81. The number of hydrogen-bond donors (Lipinski definition) is 3. The zero-order chi connectivity index (χ0) is 23.6. The SMILES string of the molecule is COCCN1C(=O)[C@@H]2[C@H](Cc3c[nH]c4ccccc34)N[C@@]3(C(=O)Nc4c(Cl)cccc43)[C@H]2C1=O. The van der Waals surface area contributed by atoms with E-state index in [1.807, 2.05) is 30.5 Å². The molecule has 174 valence electrons. The van der Waals surface area contributed by atoms with Crippen LogP contribution in [0.3, 0.4) is 0 Å². The molecule has 4 heterocycles. The van der Waals surface area contributed by atoms with Gasteiger partial charge in [-0.05, 0) is 24.1 Å². The summed E-state index contributed by atoms with van der Waals surface area (Å²) < 4.78 is 5.13. The van der Waals surface area contributed by atoms with Crippen molar-refractivity contribution < 1.29 is 19.1 Å². The summed E-state index contributed by atoms with van der Waals surface area (Å²) in [5, 5.41) is 7.77. The first-order chi connectivity index (χ1) is 16.5. The lowest BCUT2D eigenvalue weighted by Gasteiger charge is -2.29. The Balaban J connectivity index is 1.47. The molecule has 2 saturated heterocycles. The van der Waals surface area contributed by atoms with Gasteiger partial charge in [-0.15, -0.1) is 0 Å². The number of benzene rings is 2. The molecule has 2 fully saturated rings. The number of nitrogens with one attached hydrogen (secondary N) is 3. The molecule has 0 radical (unpaired) electrons. The van der Waals surface area contributed by atoms with Crippen LogP contribution in [0.4, 0.5) is 5.69 Å². The third kappa shape index (κ3) is 2.76. The number of halogens is 1. The van der Waals surface area contributed by atoms with Crippen LogP contribution in [-0.2, 0) is 31.1 Å². The van der Waals surface area contributed by atoms with Gasteiger partial charge in [-0.25, -0.2) is 0 Å². The van der Waals surface area contributed by atoms with E-state index in [4.69, 9.17) is 16.3 Å². The number of carbonyl (C=O) groups excluding carboxylic acids is 3. The maximum Gasteiger partial charge on any atom is 0.250 e. The number of H-pyrrole nitrogens is 1. The second-order valence-corrected chi connectivity index (χ2v) is 9.47. The number of aromatic amines is 1. The molecule has 1 aromatic heterocycles. The predicted octanol–water partition coefficient (Wildman–Crippen LogP) is 2.43. The first-order valence-electron chi connectivity index (χ1n) is 11.2. The van der Waals surface area contributed by atoms with Crippen molar-refractivity contribution in [3.8, 4) is 0 Å². The van der Waals surface area contributed by atoms with Crippen molar-refractivity contribution in [3.63, 3.8) is 0 Å². The molecule has 1 spiro atoms. The van der Waals surface area contributed by atoms with Gasteiger partial charge in [0, 0.05) is 35.8 Å². The van der Waals surface area contributed by atoms with Crippen LogP contribution in [0, 0.1) is 11.8 Å². The van der Waals surface area contributed by atoms with E-state index in [9.17, 15) is 14.4 Å². The summed E-state index contributed by atoms with van der Waals surface area (Å²) in [6.45, 7) is 0.389. The number of likely N-dealkylation sites (tertiary alicyclic amines) is 1. The molecule has 3 aliphatic heterocycles. The molecule has 3 aromatic rings. The summed E-state index contributed by atoms with van der Waals surface area (Å²) in [5.41, 5.74) is 1.74. The maximum absolute atomic E-state index is 13.7. The van der Waals surface area contributed by atoms with Crippen LogP contribution in [0.1, 0.15) is 11.1 Å². The molecule has 0 unspecified atom stereocenters. The molecule has 8 nitrogen and oxygen atoms in total. The summed E-state index contributed by atoms with van der Waals surface area (Å²) in [5.74, 6) is -2.55. The van der Waals surface area contributed by atoms with Crippen molar-refractivity contribution in [1.82, 2.24) is 15.2 Å². The van der Waals surface area contributed by atoms with Crippen molar-refractivity contribution in [2.75, 3.05) is 25.6 Å². The van der Waals surface area contributed by atoms with Crippen molar-refractivity contribution in [1.29, 1.82) is 0 Å². The lowest BCUT2D eigenvalue weighted by molar-refractivity contribution is -0.143. The van der Waals surface area contributed by atoms with Gasteiger partial charge >= 0.3 is 0 Å². The molecular weight excluding hydrogens is 456 g/mol. The number of nitrogens with zero attached hydrogens (tertiary/aromatic N) is 1. The van der Waals surface area contributed by atoms with E-state index in [2.05, 4.69) is 15.6 Å². The van der Waals surface area contributed by atoms with Crippen LogP contribution in [0.2, 0.25) is 5.02 Å². The van der Waals surface area contributed by atoms with Crippen LogP contribution in [-0.4, -0.2) is 53.9 Å². The average Bonchev–Trinajstić information content (AvgIpc) is 3.54. The van der Waals surface area contributed by atoms with Crippen molar-refractivity contribution in [3.05, 3.63) is 64.8 Å². The van der Waals surface area contributed by atoms with Gasteiger partial charge in [0.15, 0.2) is 0 Å². The number of methoxy groups -OCH3 is 1. The third-order valence-corrected chi connectivity index (χ3v) is 7.74. The minimum atomic E-state index is -1.36. The second-order valence-electron chi connectivity index (χ2n) is 9.06. The fraction of sp³-hybridized carbons (Fsp3) is 0.320. The molecule has 3 amide bonds. The third-order valence-electron chi connectivity index (χ3n) is 7.42. The van der Waals surface area contributed by atoms with Gasteiger partial charge in [0.1, 0.15) is 5.54 Å². The highest BCUT2D eigenvalue weighted by Gasteiger charge is 2.70. The summed E-state index contributed by atoms with van der Waals surface area (Å²) in [6.07, 6.45) is 2.41. The summed E-state index contributed by atoms with van der Waals surface area (Å²) in [4.78, 5) is 45.3. The number of ether oxygens (including phenoxy) is 1. The number of hydrogen-bond acceptors (Lipinski definition) is 5. The van der Waals surface area contributed by atoms with Gasteiger partial charge in [0.2, 0.25) is 17.7 Å². The number of aromatic nitrogens is 1. The highest BCUT2D eigenvalue weighted by Crippen LogP contribution is 2.54. The van der Waals surface area contributed by atoms with Crippen LogP contribution in [0.5, 0.6) is 0 Å². The first kappa shape index (κ1) is 21.3. The average molecular weight is 479 g/mol. The number of carbonyl (C=O) groups is 3. The maximum atomic E-state index is 13.7. The molecule has 34 heavy (non-hydrogen) atoms. The first-order valence-corrected chi connectivity index (χ1v) is 11.6. The fourth-order valence-corrected chi connectivity index (χ4v) is 6.19.